The largest absolute Gasteiger partial charge is 0.472 e. The molecule has 0 bridgehead atoms. The van der Waals surface area contributed by atoms with Gasteiger partial charge in [0.2, 0.25) is 0 Å². The van der Waals surface area contributed by atoms with Gasteiger partial charge in [0.25, 0.3) is 0 Å². The van der Waals surface area contributed by atoms with Gasteiger partial charge in [0.1, 0.15) is 19.3 Å². The van der Waals surface area contributed by atoms with Crippen molar-refractivity contribution >= 4 is 39.5 Å². The maximum atomic E-state index is 13.1. The molecule has 0 aromatic rings. The summed E-state index contributed by atoms with van der Waals surface area (Å²) >= 11 is 0. The van der Waals surface area contributed by atoms with Crippen molar-refractivity contribution < 1.29 is 80.2 Å². The highest BCUT2D eigenvalue weighted by Gasteiger charge is 2.30. The lowest BCUT2D eigenvalue weighted by Crippen LogP contribution is -2.30. The van der Waals surface area contributed by atoms with E-state index in [1.54, 1.807) is 0 Å². The van der Waals surface area contributed by atoms with Crippen LogP contribution in [0.1, 0.15) is 465 Å². The normalized spacial score (nSPS) is 14.0. The van der Waals surface area contributed by atoms with Crippen LogP contribution in [0.2, 0.25) is 0 Å². The molecule has 0 rings (SSSR count). The van der Waals surface area contributed by atoms with Gasteiger partial charge >= 0.3 is 39.5 Å². The van der Waals surface area contributed by atoms with Crippen molar-refractivity contribution in [2.75, 3.05) is 39.6 Å². The third-order valence-electron chi connectivity index (χ3n) is 20.6. The third kappa shape index (κ3) is 78.5. The van der Waals surface area contributed by atoms with Gasteiger partial charge < -0.3 is 33.8 Å². The molecule has 0 heterocycles. The van der Waals surface area contributed by atoms with Gasteiger partial charge in [0.05, 0.1) is 26.4 Å². The monoisotopic (exact) mass is 1540 g/mol. The van der Waals surface area contributed by atoms with Gasteiger partial charge in [-0.25, -0.2) is 9.13 Å². The van der Waals surface area contributed by atoms with E-state index >= 15 is 0 Å². The Kier molecular flexibility index (Phi) is 77.3. The van der Waals surface area contributed by atoms with Gasteiger partial charge in [0, 0.05) is 25.7 Å². The van der Waals surface area contributed by atoms with Gasteiger partial charge in [0.15, 0.2) is 12.2 Å². The van der Waals surface area contributed by atoms with Gasteiger partial charge in [-0.05, 0) is 31.6 Å². The van der Waals surface area contributed by atoms with Crippen LogP contribution >= 0.6 is 15.6 Å². The van der Waals surface area contributed by atoms with Gasteiger partial charge in [-0.3, -0.25) is 37.3 Å². The Balaban J connectivity index is 5.17. The summed E-state index contributed by atoms with van der Waals surface area (Å²) in [5, 5.41) is 10.7. The highest BCUT2D eigenvalue weighted by atomic mass is 31.2. The van der Waals surface area contributed by atoms with Gasteiger partial charge in [-0.1, -0.05) is 413 Å². The Hall–Kier alpha value is -1.94. The van der Waals surface area contributed by atoms with Crippen molar-refractivity contribution in [3.8, 4) is 0 Å². The summed E-state index contributed by atoms with van der Waals surface area (Å²) in [5.41, 5.74) is 0. The topological polar surface area (TPSA) is 237 Å². The van der Waals surface area contributed by atoms with E-state index in [0.29, 0.717) is 25.7 Å². The average molecular weight is 1540 g/mol. The molecule has 0 aromatic heterocycles. The van der Waals surface area contributed by atoms with Gasteiger partial charge in [-0.2, -0.15) is 0 Å². The number of phosphoric acid groups is 2. The highest BCUT2D eigenvalue weighted by molar-refractivity contribution is 7.47. The number of rotatable bonds is 86. The number of aliphatic hydroxyl groups is 1. The van der Waals surface area contributed by atoms with Crippen LogP contribution in [-0.2, 0) is 65.4 Å². The van der Waals surface area contributed by atoms with Crippen LogP contribution in [0.15, 0.2) is 0 Å². The molecule has 3 unspecified atom stereocenters. The molecular formula is C86H168O17P2. The number of carbonyl (C=O) groups is 4. The zero-order chi connectivity index (χ0) is 76.9. The van der Waals surface area contributed by atoms with Crippen LogP contribution in [0, 0.1) is 5.92 Å². The molecule has 0 aromatic carbocycles. The molecule has 6 atom stereocenters. The highest BCUT2D eigenvalue weighted by Crippen LogP contribution is 2.45. The van der Waals surface area contributed by atoms with Crippen molar-refractivity contribution in [1.29, 1.82) is 0 Å². The molecule has 0 amide bonds. The van der Waals surface area contributed by atoms with Crippen LogP contribution in [-0.4, -0.2) is 96.7 Å². The van der Waals surface area contributed by atoms with E-state index < -0.39 is 97.5 Å². The van der Waals surface area contributed by atoms with E-state index in [-0.39, 0.29) is 25.7 Å². The Morgan fingerprint density at radius 2 is 0.457 bits per heavy atom. The Bertz CT molecular complexity index is 2000. The Morgan fingerprint density at radius 3 is 0.676 bits per heavy atom. The molecule has 624 valence electrons. The minimum absolute atomic E-state index is 0.106. The minimum atomic E-state index is -4.96. The molecule has 105 heavy (non-hydrogen) atoms. The first-order valence-electron chi connectivity index (χ1n) is 44.7. The third-order valence-corrected chi connectivity index (χ3v) is 22.5. The zero-order valence-electron chi connectivity index (χ0n) is 68.9. The molecule has 0 saturated carbocycles. The second-order valence-electron chi connectivity index (χ2n) is 31.2. The fraction of sp³-hybridized carbons (Fsp3) is 0.953. The van der Waals surface area contributed by atoms with E-state index in [4.69, 9.17) is 37.0 Å². The number of aliphatic hydroxyl groups excluding tert-OH is 1. The molecular weight excluding hydrogens is 1370 g/mol. The van der Waals surface area contributed by atoms with Crippen molar-refractivity contribution in [2.24, 2.45) is 5.92 Å². The predicted octanol–water partition coefficient (Wildman–Crippen LogP) is 26.4. The lowest BCUT2D eigenvalue weighted by Gasteiger charge is -2.21. The van der Waals surface area contributed by atoms with Gasteiger partial charge in [-0.15, -0.1) is 0 Å². The smallest absolute Gasteiger partial charge is 0.462 e. The molecule has 3 N–H and O–H groups in total. The molecule has 0 saturated heterocycles. The second kappa shape index (κ2) is 78.7. The molecule has 0 aliphatic rings. The van der Waals surface area contributed by atoms with Crippen LogP contribution in [0.3, 0.4) is 0 Å². The average Bonchev–Trinajstić information content (AvgIpc) is 0.907. The van der Waals surface area contributed by atoms with Crippen LogP contribution in [0.25, 0.3) is 0 Å². The summed E-state index contributed by atoms with van der Waals surface area (Å²) in [6.07, 6.45) is 72.5. The molecule has 0 aliphatic heterocycles. The number of carbonyl (C=O) groups excluding carboxylic acids is 4. The Morgan fingerprint density at radius 1 is 0.267 bits per heavy atom. The lowest BCUT2D eigenvalue weighted by molar-refractivity contribution is -0.161. The van der Waals surface area contributed by atoms with E-state index in [2.05, 4.69) is 34.6 Å². The van der Waals surface area contributed by atoms with Crippen LogP contribution < -0.4 is 0 Å². The maximum Gasteiger partial charge on any atom is 0.472 e. The summed E-state index contributed by atoms with van der Waals surface area (Å²) in [7, 11) is -9.92. The molecule has 19 heteroatoms. The fourth-order valence-electron chi connectivity index (χ4n) is 13.4. The number of hydrogen-bond donors (Lipinski definition) is 3. The minimum Gasteiger partial charge on any atom is -0.462 e. The van der Waals surface area contributed by atoms with Crippen molar-refractivity contribution in [3.05, 3.63) is 0 Å². The first-order valence-corrected chi connectivity index (χ1v) is 47.7. The number of ether oxygens (including phenoxy) is 4. The zero-order valence-corrected chi connectivity index (χ0v) is 70.7. The predicted molar refractivity (Wildman–Crippen MR) is 432 cm³/mol. The SMILES string of the molecule is CCCCCCCCCCCCCCCCCCCCCCCCC(=O)OC[C@H](COP(=O)(O)OC[C@@H](O)COP(=O)(O)OC[C@@H](COC(=O)CCCCCCCCCCC)OC(=O)CCCCCCCCCCC(C)CC)OC(=O)CCCCCCCCCCCCCCCCCCCCCCCC. The number of hydrogen-bond acceptors (Lipinski definition) is 15. The lowest BCUT2D eigenvalue weighted by atomic mass is 9.99. The maximum absolute atomic E-state index is 13.1. The van der Waals surface area contributed by atoms with Crippen molar-refractivity contribution in [2.45, 2.75) is 483 Å². The summed E-state index contributed by atoms with van der Waals surface area (Å²) < 4.78 is 68.8. The second-order valence-corrected chi connectivity index (χ2v) is 34.1. The molecule has 17 nitrogen and oxygen atoms in total. The van der Waals surface area contributed by atoms with E-state index in [1.807, 2.05) is 0 Å². The first-order chi connectivity index (χ1) is 51.1. The quantitative estimate of drug-likeness (QED) is 0.0222. The van der Waals surface area contributed by atoms with Crippen LogP contribution in [0.5, 0.6) is 0 Å². The van der Waals surface area contributed by atoms with E-state index in [9.17, 15) is 43.2 Å². The Labute approximate surface area is 645 Å². The van der Waals surface area contributed by atoms with E-state index in [0.717, 1.165) is 95.8 Å². The molecule has 0 spiro atoms. The number of esters is 4. The summed E-state index contributed by atoms with van der Waals surface area (Å²) in [6, 6.07) is 0. The van der Waals surface area contributed by atoms with Crippen molar-refractivity contribution in [1.82, 2.24) is 0 Å². The fourth-order valence-corrected chi connectivity index (χ4v) is 15.0. The van der Waals surface area contributed by atoms with Crippen molar-refractivity contribution in [3.63, 3.8) is 0 Å². The summed E-state index contributed by atoms with van der Waals surface area (Å²) in [5.74, 6) is -1.34. The number of unbranched alkanes of at least 4 members (excludes halogenated alkanes) is 57. The molecule has 0 fully saturated rings. The standard InChI is InChI=1S/C86H168O17P2/c1-6-10-13-16-19-22-24-26-28-30-32-34-36-38-40-42-44-46-49-55-60-65-70-84(89)97-76-81(102-85(90)71-66-61-56-50-47-45-43-41-39-37-35-33-31-29-27-25-23-20-17-14-11-7-2)77-100-104(92,93)98-73-80(87)74-99-105(94,95)101-78-82(75-96-83(88)69-64-59-54-48-21-18-15-12-8-3)103-86(91)72-67-62-57-52-51-53-58-63-68-79(5)9-4/h79-82,87H,6-78H2,1-5H3,(H,92,93)(H,94,95)/t79?,80-,81-,82-/m1/s1. The first kappa shape index (κ1) is 103. The number of phosphoric ester groups is 2. The van der Waals surface area contributed by atoms with E-state index in [1.165, 1.54) is 289 Å². The summed E-state index contributed by atoms with van der Waals surface area (Å²) in [4.78, 5) is 73.1. The van der Waals surface area contributed by atoms with Crippen LogP contribution in [0.4, 0.5) is 0 Å². The molecule has 0 radical (unpaired) electrons. The summed E-state index contributed by atoms with van der Waals surface area (Å²) in [6.45, 7) is 7.32. The molecule has 0 aliphatic carbocycles.